The maximum Gasteiger partial charge on any atom is 0.330 e. The van der Waals surface area contributed by atoms with Crippen molar-refractivity contribution in [3.8, 4) is 0 Å². The Hall–Kier alpha value is -1.40. The Kier molecular flexibility index (Phi) is 8.31. The summed E-state index contributed by atoms with van der Waals surface area (Å²) in [5, 5.41) is 16.7. The van der Waals surface area contributed by atoms with Gasteiger partial charge in [-0.1, -0.05) is 6.08 Å². The van der Waals surface area contributed by atoms with Crippen molar-refractivity contribution in [2.75, 3.05) is 26.4 Å². The zero-order valence-corrected chi connectivity index (χ0v) is 8.22. The van der Waals surface area contributed by atoms with E-state index in [-0.39, 0.29) is 32.8 Å². The highest BCUT2D eigenvalue weighted by Crippen LogP contribution is 1.90. The second-order valence-electron chi connectivity index (χ2n) is 2.44. The minimum absolute atomic E-state index is 0.0539. The Morgan fingerprint density at radius 2 is 1.67 bits per heavy atom. The maximum atomic E-state index is 10.8. The minimum Gasteiger partial charge on any atom is -0.463 e. The van der Waals surface area contributed by atoms with E-state index in [0.717, 1.165) is 6.08 Å². The number of carbonyl (C=O) groups is 2. The quantitative estimate of drug-likeness (QED) is 0.420. The van der Waals surface area contributed by atoms with E-state index >= 15 is 0 Å². The third kappa shape index (κ3) is 8.92. The Morgan fingerprint density at radius 3 is 2.27 bits per heavy atom. The van der Waals surface area contributed by atoms with Crippen LogP contribution in [0.4, 0.5) is 0 Å². The molecule has 0 fully saturated rings. The summed E-state index contributed by atoms with van der Waals surface area (Å²) in [4.78, 5) is 21.6. The number of aliphatic hydroxyl groups is 2. The highest BCUT2D eigenvalue weighted by atomic mass is 16.5. The van der Waals surface area contributed by atoms with Crippen LogP contribution in [0.1, 0.15) is 6.42 Å². The molecule has 0 radical (unpaired) electrons. The molecular formula is C9H14O6. The van der Waals surface area contributed by atoms with Gasteiger partial charge in [-0.05, 0) is 0 Å². The van der Waals surface area contributed by atoms with Crippen molar-refractivity contribution in [3.63, 3.8) is 0 Å². The number of hydrogen-bond acceptors (Lipinski definition) is 6. The van der Waals surface area contributed by atoms with Crippen LogP contribution in [0.5, 0.6) is 0 Å². The third-order valence-corrected chi connectivity index (χ3v) is 1.23. The topological polar surface area (TPSA) is 93.1 Å². The lowest BCUT2D eigenvalue weighted by molar-refractivity contribution is -0.143. The molecule has 0 aromatic heterocycles. The fraction of sp³-hybridized carbons (Fsp3) is 0.556. The van der Waals surface area contributed by atoms with Gasteiger partial charge >= 0.3 is 11.9 Å². The Balaban J connectivity index is 3.59. The lowest BCUT2D eigenvalue weighted by Gasteiger charge is -1.99. The van der Waals surface area contributed by atoms with Crippen LogP contribution in [-0.2, 0) is 19.1 Å². The van der Waals surface area contributed by atoms with E-state index in [4.69, 9.17) is 10.2 Å². The maximum absolute atomic E-state index is 10.8. The van der Waals surface area contributed by atoms with Gasteiger partial charge < -0.3 is 19.7 Å². The van der Waals surface area contributed by atoms with E-state index in [1.807, 2.05) is 0 Å². The molecule has 0 amide bonds. The van der Waals surface area contributed by atoms with Crippen LogP contribution < -0.4 is 0 Å². The van der Waals surface area contributed by atoms with E-state index in [0.29, 0.717) is 0 Å². The van der Waals surface area contributed by atoms with Gasteiger partial charge in [0, 0.05) is 6.08 Å². The molecule has 6 nitrogen and oxygen atoms in total. The van der Waals surface area contributed by atoms with Crippen molar-refractivity contribution in [2.24, 2.45) is 0 Å². The smallest absolute Gasteiger partial charge is 0.330 e. The van der Waals surface area contributed by atoms with Crippen molar-refractivity contribution in [1.29, 1.82) is 0 Å². The first kappa shape index (κ1) is 13.6. The molecule has 0 saturated carbocycles. The van der Waals surface area contributed by atoms with E-state index in [2.05, 4.69) is 9.47 Å². The number of carbonyl (C=O) groups excluding carboxylic acids is 2. The summed E-state index contributed by atoms with van der Waals surface area (Å²) in [5.41, 5.74) is 0. The molecule has 2 N–H and O–H groups in total. The first-order chi connectivity index (χ1) is 7.20. The molecule has 0 aliphatic carbocycles. The Morgan fingerprint density at radius 1 is 1.07 bits per heavy atom. The normalized spacial score (nSPS) is 10.3. The predicted octanol–water partition coefficient (Wildman–Crippen LogP) is -0.996. The summed E-state index contributed by atoms with van der Waals surface area (Å²) in [6, 6.07) is 0. The van der Waals surface area contributed by atoms with Crippen molar-refractivity contribution in [2.45, 2.75) is 6.42 Å². The second kappa shape index (κ2) is 9.17. The number of hydrogen-bond donors (Lipinski definition) is 2. The van der Waals surface area contributed by atoms with Gasteiger partial charge in [-0.3, -0.25) is 4.79 Å². The molecule has 0 saturated heterocycles. The predicted molar refractivity (Wildman–Crippen MR) is 49.8 cm³/mol. The average Bonchev–Trinajstić information content (AvgIpc) is 2.23. The molecule has 0 aliphatic heterocycles. The van der Waals surface area contributed by atoms with Gasteiger partial charge in [0.05, 0.1) is 19.6 Å². The highest BCUT2D eigenvalue weighted by molar-refractivity contribution is 5.83. The number of esters is 2. The summed E-state index contributed by atoms with van der Waals surface area (Å²) in [6.07, 6.45) is 2.31. The van der Waals surface area contributed by atoms with Crippen molar-refractivity contribution < 1.29 is 29.3 Å². The SMILES string of the molecule is O=C(/C=C/CC(=O)OCCO)OCCO. The summed E-state index contributed by atoms with van der Waals surface area (Å²) >= 11 is 0. The molecule has 0 bridgehead atoms. The number of aliphatic hydroxyl groups excluding tert-OH is 2. The van der Waals surface area contributed by atoms with Crippen molar-refractivity contribution >= 4 is 11.9 Å². The molecule has 0 aliphatic rings. The van der Waals surface area contributed by atoms with Crippen LogP contribution in [0.3, 0.4) is 0 Å². The number of rotatable bonds is 7. The summed E-state index contributed by atoms with van der Waals surface area (Å²) in [7, 11) is 0. The minimum atomic E-state index is -0.626. The standard InChI is InChI=1S/C9H14O6/c10-4-6-14-8(12)2-1-3-9(13)15-7-5-11/h1-2,10-11H,3-7H2/b2-1+. The summed E-state index contributed by atoms with van der Waals surface area (Å²) in [6.45, 7) is -0.591. The third-order valence-electron chi connectivity index (χ3n) is 1.23. The van der Waals surface area contributed by atoms with E-state index in [1.54, 1.807) is 0 Å². The monoisotopic (exact) mass is 218 g/mol. The van der Waals surface area contributed by atoms with Crippen LogP contribution >= 0.6 is 0 Å². The van der Waals surface area contributed by atoms with E-state index in [9.17, 15) is 9.59 Å². The molecule has 0 rings (SSSR count). The molecule has 0 unspecified atom stereocenters. The lowest BCUT2D eigenvalue weighted by Crippen LogP contribution is -2.08. The van der Waals surface area contributed by atoms with Gasteiger partial charge in [-0.25, -0.2) is 4.79 Å². The first-order valence-corrected chi connectivity index (χ1v) is 4.41. The van der Waals surface area contributed by atoms with Crippen molar-refractivity contribution in [3.05, 3.63) is 12.2 Å². The van der Waals surface area contributed by atoms with Gasteiger partial charge in [0.1, 0.15) is 13.2 Å². The lowest BCUT2D eigenvalue weighted by atomic mass is 10.4. The van der Waals surface area contributed by atoms with Crippen LogP contribution in [0.15, 0.2) is 12.2 Å². The molecule has 15 heavy (non-hydrogen) atoms. The molecule has 0 spiro atoms. The Labute approximate surface area is 87.1 Å². The summed E-state index contributed by atoms with van der Waals surface area (Å²) < 4.78 is 9.01. The molecule has 0 aromatic carbocycles. The van der Waals surface area contributed by atoms with Gasteiger partial charge in [0.25, 0.3) is 0 Å². The molecule has 86 valence electrons. The van der Waals surface area contributed by atoms with E-state index < -0.39 is 11.9 Å². The largest absolute Gasteiger partial charge is 0.463 e. The first-order valence-electron chi connectivity index (χ1n) is 4.41. The van der Waals surface area contributed by atoms with Gasteiger partial charge in [-0.2, -0.15) is 0 Å². The number of ether oxygens (including phenoxy) is 2. The van der Waals surface area contributed by atoms with Crippen molar-refractivity contribution in [1.82, 2.24) is 0 Å². The highest BCUT2D eigenvalue weighted by Gasteiger charge is 2.00. The molecule has 6 heteroatoms. The van der Waals surface area contributed by atoms with Gasteiger partial charge in [0.15, 0.2) is 0 Å². The molecule has 0 atom stereocenters. The van der Waals surface area contributed by atoms with Crippen LogP contribution in [0.25, 0.3) is 0 Å². The molecular weight excluding hydrogens is 204 g/mol. The van der Waals surface area contributed by atoms with Gasteiger partial charge in [-0.15, -0.1) is 0 Å². The zero-order chi connectivity index (χ0) is 11.5. The van der Waals surface area contributed by atoms with E-state index in [1.165, 1.54) is 6.08 Å². The molecule has 0 heterocycles. The van der Waals surface area contributed by atoms with Crippen LogP contribution in [-0.4, -0.2) is 48.6 Å². The fourth-order valence-electron chi connectivity index (χ4n) is 0.664. The second-order valence-corrected chi connectivity index (χ2v) is 2.44. The van der Waals surface area contributed by atoms with Crippen LogP contribution in [0, 0.1) is 0 Å². The Bertz CT molecular complexity index is 223. The van der Waals surface area contributed by atoms with Crippen LogP contribution in [0.2, 0.25) is 0 Å². The summed E-state index contributed by atoms with van der Waals surface area (Å²) in [5.74, 6) is -1.16. The fourth-order valence-corrected chi connectivity index (χ4v) is 0.664. The molecule has 0 aromatic rings. The zero-order valence-electron chi connectivity index (χ0n) is 8.22. The average molecular weight is 218 g/mol. The van der Waals surface area contributed by atoms with Gasteiger partial charge in [0.2, 0.25) is 0 Å².